The Morgan fingerprint density at radius 3 is 2.33 bits per heavy atom. The van der Waals surface area contributed by atoms with Gasteiger partial charge in [0.25, 0.3) is 0 Å². The highest BCUT2D eigenvalue weighted by atomic mass is 16.4. The fourth-order valence-corrected chi connectivity index (χ4v) is 1.89. The van der Waals surface area contributed by atoms with E-state index in [2.05, 4.69) is 5.32 Å². The molecule has 0 atom stereocenters. The Balaban J connectivity index is 2.04. The highest BCUT2D eigenvalue weighted by molar-refractivity contribution is 5.95. The van der Waals surface area contributed by atoms with E-state index in [0.29, 0.717) is 5.69 Å². The summed E-state index contributed by atoms with van der Waals surface area (Å²) in [5.41, 5.74) is 2.15. The molecular formula is C16H15NO4. The minimum atomic E-state index is -1.22. The van der Waals surface area contributed by atoms with Gasteiger partial charge in [0.1, 0.15) is 11.3 Å². The molecule has 0 saturated heterocycles. The van der Waals surface area contributed by atoms with E-state index in [1.165, 1.54) is 18.2 Å². The van der Waals surface area contributed by atoms with Crippen LogP contribution in [0.5, 0.6) is 5.75 Å². The van der Waals surface area contributed by atoms with Gasteiger partial charge in [0.05, 0.1) is 6.42 Å². The van der Waals surface area contributed by atoms with Crippen molar-refractivity contribution in [3.05, 3.63) is 59.2 Å². The molecule has 3 N–H and O–H groups in total. The van der Waals surface area contributed by atoms with Gasteiger partial charge in [-0.3, -0.25) is 4.79 Å². The summed E-state index contributed by atoms with van der Waals surface area (Å²) in [7, 11) is 0. The molecule has 0 fully saturated rings. The van der Waals surface area contributed by atoms with Crippen LogP contribution in [0.4, 0.5) is 5.69 Å². The van der Waals surface area contributed by atoms with Crippen LogP contribution in [-0.4, -0.2) is 22.1 Å². The molecule has 0 heterocycles. The minimum absolute atomic E-state index is 0.202. The molecule has 0 spiro atoms. The monoisotopic (exact) mass is 285 g/mol. The maximum atomic E-state index is 11.9. The van der Waals surface area contributed by atoms with Crippen molar-refractivity contribution in [2.75, 3.05) is 5.32 Å². The van der Waals surface area contributed by atoms with Crippen LogP contribution in [0.2, 0.25) is 0 Å². The Kier molecular flexibility index (Phi) is 4.23. The Labute approximate surface area is 121 Å². The molecule has 2 rings (SSSR count). The van der Waals surface area contributed by atoms with Gasteiger partial charge in [-0.2, -0.15) is 0 Å². The second kappa shape index (κ2) is 6.09. The van der Waals surface area contributed by atoms with E-state index in [9.17, 15) is 14.7 Å². The Hall–Kier alpha value is -2.82. The average Bonchev–Trinajstić information content (AvgIpc) is 2.41. The van der Waals surface area contributed by atoms with Gasteiger partial charge >= 0.3 is 5.97 Å². The van der Waals surface area contributed by atoms with Crippen LogP contribution >= 0.6 is 0 Å². The van der Waals surface area contributed by atoms with Gasteiger partial charge < -0.3 is 15.5 Å². The zero-order valence-corrected chi connectivity index (χ0v) is 11.5. The van der Waals surface area contributed by atoms with Gasteiger partial charge in [-0.1, -0.05) is 29.8 Å². The van der Waals surface area contributed by atoms with Crippen molar-refractivity contribution < 1.29 is 19.8 Å². The number of rotatable bonds is 4. The summed E-state index contributed by atoms with van der Waals surface area (Å²) >= 11 is 0. The zero-order valence-electron chi connectivity index (χ0n) is 11.5. The van der Waals surface area contributed by atoms with Gasteiger partial charge in [-0.05, 0) is 24.6 Å². The first-order chi connectivity index (χ1) is 9.95. The molecule has 1 amide bonds. The first-order valence-electron chi connectivity index (χ1n) is 6.37. The molecule has 0 radical (unpaired) electrons. The number of amides is 1. The van der Waals surface area contributed by atoms with Gasteiger partial charge in [0.15, 0.2) is 0 Å². The number of hydrogen-bond acceptors (Lipinski definition) is 3. The van der Waals surface area contributed by atoms with Crippen molar-refractivity contribution in [1.29, 1.82) is 0 Å². The van der Waals surface area contributed by atoms with Crippen LogP contribution in [0.3, 0.4) is 0 Å². The summed E-state index contributed by atoms with van der Waals surface area (Å²) in [4.78, 5) is 22.7. The van der Waals surface area contributed by atoms with Gasteiger partial charge in [-0.25, -0.2) is 4.79 Å². The normalized spacial score (nSPS) is 10.1. The number of carbonyl (C=O) groups excluding carboxylic acids is 1. The summed E-state index contributed by atoms with van der Waals surface area (Å²) in [6, 6.07) is 11.5. The van der Waals surface area contributed by atoms with Gasteiger partial charge in [0.2, 0.25) is 5.91 Å². The molecule has 0 bridgehead atoms. The molecular weight excluding hydrogens is 270 g/mol. The Morgan fingerprint density at radius 2 is 1.76 bits per heavy atom. The molecule has 2 aromatic carbocycles. The predicted molar refractivity (Wildman–Crippen MR) is 78.6 cm³/mol. The SMILES string of the molecule is Cc1ccc(CC(=O)Nc2ccc(C(=O)O)c(O)c2)cc1. The predicted octanol–water partition coefficient (Wildman–Crippen LogP) is 2.58. The summed E-state index contributed by atoms with van der Waals surface area (Å²) in [5, 5.41) is 21.0. The number of aromatic carboxylic acids is 1. The number of benzene rings is 2. The molecule has 0 aliphatic carbocycles. The molecule has 0 saturated carbocycles. The number of phenols is 1. The van der Waals surface area contributed by atoms with E-state index in [1.807, 2.05) is 31.2 Å². The fraction of sp³-hybridized carbons (Fsp3) is 0.125. The lowest BCUT2D eigenvalue weighted by atomic mass is 10.1. The summed E-state index contributed by atoms with van der Waals surface area (Å²) < 4.78 is 0. The van der Waals surface area contributed by atoms with Crippen molar-refractivity contribution in [2.45, 2.75) is 13.3 Å². The summed E-state index contributed by atoms with van der Waals surface area (Å²) in [6.45, 7) is 1.97. The van der Waals surface area contributed by atoms with E-state index in [-0.39, 0.29) is 23.6 Å². The first-order valence-corrected chi connectivity index (χ1v) is 6.37. The highest BCUT2D eigenvalue weighted by Gasteiger charge is 2.11. The Bertz CT molecular complexity index is 677. The molecule has 21 heavy (non-hydrogen) atoms. The van der Waals surface area contributed by atoms with E-state index >= 15 is 0 Å². The van der Waals surface area contributed by atoms with Crippen LogP contribution in [-0.2, 0) is 11.2 Å². The van der Waals surface area contributed by atoms with Gasteiger partial charge in [-0.15, -0.1) is 0 Å². The van der Waals surface area contributed by atoms with E-state index in [4.69, 9.17) is 5.11 Å². The second-order valence-electron chi connectivity index (χ2n) is 4.75. The largest absolute Gasteiger partial charge is 0.507 e. The lowest BCUT2D eigenvalue weighted by Gasteiger charge is -2.07. The quantitative estimate of drug-likeness (QED) is 0.805. The number of hydrogen-bond donors (Lipinski definition) is 3. The smallest absolute Gasteiger partial charge is 0.339 e. The lowest BCUT2D eigenvalue weighted by molar-refractivity contribution is -0.115. The van der Waals surface area contributed by atoms with Crippen molar-refractivity contribution >= 4 is 17.6 Å². The Morgan fingerprint density at radius 1 is 1.10 bits per heavy atom. The highest BCUT2D eigenvalue weighted by Crippen LogP contribution is 2.22. The molecule has 5 nitrogen and oxygen atoms in total. The van der Waals surface area contributed by atoms with Crippen LogP contribution in [0.1, 0.15) is 21.5 Å². The van der Waals surface area contributed by atoms with E-state index < -0.39 is 5.97 Å². The number of aromatic hydroxyl groups is 1. The molecule has 0 unspecified atom stereocenters. The summed E-state index contributed by atoms with van der Waals surface area (Å²) in [5.74, 6) is -1.83. The first kappa shape index (κ1) is 14.6. The summed E-state index contributed by atoms with van der Waals surface area (Å²) in [6.07, 6.45) is 0.210. The van der Waals surface area contributed by atoms with Gasteiger partial charge in [0, 0.05) is 11.8 Å². The minimum Gasteiger partial charge on any atom is -0.507 e. The van der Waals surface area contributed by atoms with Crippen molar-refractivity contribution in [3.63, 3.8) is 0 Å². The fourth-order valence-electron chi connectivity index (χ4n) is 1.89. The molecule has 0 aliphatic rings. The standard InChI is InChI=1S/C16H15NO4/c1-10-2-4-11(5-3-10)8-15(19)17-12-6-7-13(16(20)21)14(18)9-12/h2-7,9,18H,8H2,1H3,(H,17,19)(H,20,21). The van der Waals surface area contributed by atoms with Crippen molar-refractivity contribution in [2.24, 2.45) is 0 Å². The number of nitrogens with one attached hydrogen (secondary N) is 1. The number of carboxylic acid groups (broad SMARTS) is 1. The maximum absolute atomic E-state index is 11.9. The maximum Gasteiger partial charge on any atom is 0.339 e. The lowest BCUT2D eigenvalue weighted by Crippen LogP contribution is -2.14. The molecule has 0 aliphatic heterocycles. The molecule has 0 aromatic heterocycles. The molecule has 108 valence electrons. The van der Waals surface area contributed by atoms with Crippen LogP contribution in [0.25, 0.3) is 0 Å². The van der Waals surface area contributed by atoms with E-state index in [1.54, 1.807) is 0 Å². The third kappa shape index (κ3) is 3.82. The second-order valence-corrected chi connectivity index (χ2v) is 4.75. The molecule has 5 heteroatoms. The number of carboxylic acids is 1. The van der Waals surface area contributed by atoms with Crippen LogP contribution in [0, 0.1) is 6.92 Å². The molecule has 2 aromatic rings. The van der Waals surface area contributed by atoms with E-state index in [0.717, 1.165) is 11.1 Å². The number of aryl methyl sites for hydroxylation is 1. The zero-order chi connectivity index (χ0) is 15.4. The van der Waals surface area contributed by atoms with Crippen LogP contribution in [0.15, 0.2) is 42.5 Å². The number of anilines is 1. The average molecular weight is 285 g/mol. The third-order valence-corrected chi connectivity index (χ3v) is 3.00. The van der Waals surface area contributed by atoms with Crippen molar-refractivity contribution in [3.8, 4) is 5.75 Å². The van der Waals surface area contributed by atoms with Crippen LogP contribution < -0.4 is 5.32 Å². The third-order valence-electron chi connectivity index (χ3n) is 3.00. The topological polar surface area (TPSA) is 86.6 Å². The van der Waals surface area contributed by atoms with Crippen molar-refractivity contribution in [1.82, 2.24) is 0 Å². The number of carbonyl (C=O) groups is 2.